The van der Waals surface area contributed by atoms with Gasteiger partial charge in [-0.3, -0.25) is 9.59 Å². The Morgan fingerprint density at radius 2 is 2.00 bits per heavy atom. The fraction of sp³-hybridized carbons (Fsp3) is 0.467. The minimum absolute atomic E-state index is 0.108. The van der Waals surface area contributed by atoms with Gasteiger partial charge in [-0.15, -0.1) is 0 Å². The largest absolute Gasteiger partial charge is 0.507 e. The van der Waals surface area contributed by atoms with E-state index in [1.165, 1.54) is 19.2 Å². The molecule has 0 spiro atoms. The van der Waals surface area contributed by atoms with Crippen LogP contribution in [0.25, 0.3) is 0 Å². The van der Waals surface area contributed by atoms with Crippen LogP contribution in [-0.2, 0) is 4.79 Å². The van der Waals surface area contributed by atoms with Crippen molar-refractivity contribution in [2.75, 3.05) is 20.2 Å². The molecular formula is C15H22N2O4. The topological polar surface area (TPSA) is 87.7 Å². The van der Waals surface area contributed by atoms with E-state index in [-0.39, 0.29) is 30.2 Å². The number of hydrogen-bond acceptors (Lipinski definition) is 4. The van der Waals surface area contributed by atoms with Gasteiger partial charge in [-0.05, 0) is 18.1 Å². The van der Waals surface area contributed by atoms with E-state index in [9.17, 15) is 14.7 Å². The summed E-state index contributed by atoms with van der Waals surface area (Å²) in [5.74, 6) is 0.169. The first-order valence-corrected chi connectivity index (χ1v) is 6.86. The number of benzene rings is 1. The van der Waals surface area contributed by atoms with Crippen molar-refractivity contribution in [3.05, 3.63) is 23.8 Å². The van der Waals surface area contributed by atoms with Crippen LogP contribution in [0.4, 0.5) is 0 Å². The first-order chi connectivity index (χ1) is 9.93. The molecule has 0 saturated carbocycles. The SMILES string of the molecule is COc1ccc(C(=O)NCCC(=O)NCC(C)C)c(O)c1. The maximum Gasteiger partial charge on any atom is 0.255 e. The van der Waals surface area contributed by atoms with Crippen molar-refractivity contribution in [1.82, 2.24) is 10.6 Å². The quantitative estimate of drug-likeness (QED) is 0.707. The highest BCUT2D eigenvalue weighted by atomic mass is 16.5. The number of methoxy groups -OCH3 is 1. The van der Waals surface area contributed by atoms with Gasteiger partial charge in [0, 0.05) is 25.6 Å². The molecule has 0 saturated heterocycles. The Balaban J connectivity index is 2.42. The zero-order valence-electron chi connectivity index (χ0n) is 12.6. The summed E-state index contributed by atoms with van der Waals surface area (Å²) in [7, 11) is 1.48. The van der Waals surface area contributed by atoms with Gasteiger partial charge in [0.25, 0.3) is 5.91 Å². The van der Waals surface area contributed by atoms with Crippen molar-refractivity contribution in [3.63, 3.8) is 0 Å². The van der Waals surface area contributed by atoms with Crippen LogP contribution in [-0.4, -0.2) is 37.1 Å². The van der Waals surface area contributed by atoms with Crippen LogP contribution in [0, 0.1) is 5.92 Å². The predicted molar refractivity (Wildman–Crippen MR) is 79.5 cm³/mol. The second kappa shape index (κ2) is 8.14. The Hall–Kier alpha value is -2.24. The smallest absolute Gasteiger partial charge is 0.255 e. The summed E-state index contributed by atoms with van der Waals surface area (Å²) in [6.45, 7) is 4.85. The van der Waals surface area contributed by atoms with Gasteiger partial charge in [0.2, 0.25) is 5.91 Å². The number of phenols is 1. The van der Waals surface area contributed by atoms with Crippen molar-refractivity contribution in [2.45, 2.75) is 20.3 Å². The normalized spacial score (nSPS) is 10.3. The highest BCUT2D eigenvalue weighted by Gasteiger charge is 2.12. The van der Waals surface area contributed by atoms with Crippen LogP contribution >= 0.6 is 0 Å². The van der Waals surface area contributed by atoms with E-state index in [4.69, 9.17) is 4.74 Å². The standard InChI is InChI=1S/C15H22N2O4/c1-10(2)9-17-14(19)6-7-16-15(20)12-5-4-11(21-3)8-13(12)18/h4-5,8,10,18H,6-7,9H2,1-3H3,(H,16,20)(H,17,19). The lowest BCUT2D eigenvalue weighted by Gasteiger charge is -2.09. The van der Waals surface area contributed by atoms with Crippen molar-refractivity contribution < 1.29 is 19.4 Å². The predicted octanol–water partition coefficient (Wildman–Crippen LogP) is 1.29. The first kappa shape index (κ1) is 16.8. The molecule has 0 bridgehead atoms. The van der Waals surface area contributed by atoms with E-state index < -0.39 is 5.91 Å². The van der Waals surface area contributed by atoms with Crippen molar-refractivity contribution >= 4 is 11.8 Å². The molecule has 6 nitrogen and oxygen atoms in total. The highest BCUT2D eigenvalue weighted by Crippen LogP contribution is 2.23. The number of nitrogens with one attached hydrogen (secondary N) is 2. The Labute approximate surface area is 124 Å². The molecule has 1 rings (SSSR count). The van der Waals surface area contributed by atoms with Gasteiger partial charge in [-0.2, -0.15) is 0 Å². The molecule has 116 valence electrons. The lowest BCUT2D eigenvalue weighted by atomic mass is 10.1. The first-order valence-electron chi connectivity index (χ1n) is 6.86. The van der Waals surface area contributed by atoms with E-state index in [0.29, 0.717) is 18.2 Å². The van der Waals surface area contributed by atoms with E-state index in [2.05, 4.69) is 10.6 Å². The summed E-state index contributed by atoms with van der Waals surface area (Å²) in [6, 6.07) is 4.43. The average Bonchev–Trinajstić information content (AvgIpc) is 2.44. The molecule has 3 N–H and O–H groups in total. The maximum atomic E-state index is 11.9. The molecular weight excluding hydrogens is 272 g/mol. The summed E-state index contributed by atoms with van der Waals surface area (Å²) in [5.41, 5.74) is 0.151. The molecule has 0 unspecified atom stereocenters. The zero-order chi connectivity index (χ0) is 15.8. The number of ether oxygens (including phenoxy) is 1. The molecule has 0 aliphatic heterocycles. The number of rotatable bonds is 7. The maximum absolute atomic E-state index is 11.9. The van der Waals surface area contributed by atoms with Crippen LogP contribution in [0.3, 0.4) is 0 Å². The minimum Gasteiger partial charge on any atom is -0.507 e. The average molecular weight is 294 g/mol. The van der Waals surface area contributed by atoms with E-state index in [1.54, 1.807) is 6.07 Å². The fourth-order valence-electron chi connectivity index (χ4n) is 1.62. The van der Waals surface area contributed by atoms with Crippen LogP contribution < -0.4 is 15.4 Å². The van der Waals surface area contributed by atoms with E-state index in [0.717, 1.165) is 0 Å². The molecule has 1 aromatic carbocycles. The molecule has 21 heavy (non-hydrogen) atoms. The molecule has 6 heteroatoms. The van der Waals surface area contributed by atoms with Crippen molar-refractivity contribution in [1.29, 1.82) is 0 Å². The minimum atomic E-state index is -0.424. The van der Waals surface area contributed by atoms with Gasteiger partial charge in [-0.25, -0.2) is 0 Å². The second-order valence-corrected chi connectivity index (χ2v) is 5.09. The molecule has 0 atom stereocenters. The Bertz CT molecular complexity index is 500. The highest BCUT2D eigenvalue weighted by molar-refractivity contribution is 5.97. The Morgan fingerprint density at radius 1 is 1.29 bits per heavy atom. The summed E-state index contributed by atoms with van der Waals surface area (Å²) in [5, 5.41) is 15.1. The molecule has 0 aliphatic carbocycles. The number of phenolic OH excluding ortho intramolecular Hbond substituents is 1. The van der Waals surface area contributed by atoms with Gasteiger partial charge in [0.15, 0.2) is 0 Å². The lowest BCUT2D eigenvalue weighted by Crippen LogP contribution is -2.32. The molecule has 2 amide bonds. The van der Waals surface area contributed by atoms with Crippen molar-refractivity contribution in [2.24, 2.45) is 5.92 Å². The van der Waals surface area contributed by atoms with Gasteiger partial charge >= 0.3 is 0 Å². The Morgan fingerprint density at radius 3 is 2.57 bits per heavy atom. The van der Waals surface area contributed by atoms with E-state index in [1.807, 2.05) is 13.8 Å². The van der Waals surface area contributed by atoms with Gasteiger partial charge in [0.05, 0.1) is 12.7 Å². The third-order valence-corrected chi connectivity index (χ3v) is 2.79. The van der Waals surface area contributed by atoms with Crippen molar-refractivity contribution in [3.8, 4) is 11.5 Å². The number of carbonyl (C=O) groups is 2. The van der Waals surface area contributed by atoms with Crippen LogP contribution in [0.15, 0.2) is 18.2 Å². The van der Waals surface area contributed by atoms with Gasteiger partial charge in [0.1, 0.15) is 11.5 Å². The van der Waals surface area contributed by atoms with Gasteiger partial charge < -0.3 is 20.5 Å². The fourth-order valence-corrected chi connectivity index (χ4v) is 1.62. The summed E-state index contributed by atoms with van der Waals surface area (Å²) in [6.07, 6.45) is 0.204. The third-order valence-electron chi connectivity index (χ3n) is 2.79. The third kappa shape index (κ3) is 5.72. The Kier molecular flexibility index (Phi) is 6.52. The summed E-state index contributed by atoms with van der Waals surface area (Å²) in [4.78, 5) is 23.4. The van der Waals surface area contributed by atoms with Gasteiger partial charge in [-0.1, -0.05) is 13.8 Å². The van der Waals surface area contributed by atoms with Crippen LogP contribution in [0.5, 0.6) is 11.5 Å². The second-order valence-electron chi connectivity index (χ2n) is 5.09. The molecule has 0 aliphatic rings. The van der Waals surface area contributed by atoms with Crippen LogP contribution in [0.1, 0.15) is 30.6 Å². The summed E-state index contributed by atoms with van der Waals surface area (Å²) < 4.78 is 4.94. The molecule has 0 heterocycles. The molecule has 0 fully saturated rings. The number of hydrogen-bond donors (Lipinski definition) is 3. The molecule has 0 aromatic heterocycles. The molecule has 1 aromatic rings. The molecule has 0 radical (unpaired) electrons. The summed E-state index contributed by atoms with van der Waals surface area (Å²) >= 11 is 0. The monoisotopic (exact) mass is 294 g/mol. The van der Waals surface area contributed by atoms with Crippen LogP contribution in [0.2, 0.25) is 0 Å². The van der Waals surface area contributed by atoms with E-state index >= 15 is 0 Å². The number of amides is 2. The number of aromatic hydroxyl groups is 1. The number of carbonyl (C=O) groups excluding carboxylic acids is 2. The lowest BCUT2D eigenvalue weighted by molar-refractivity contribution is -0.121. The zero-order valence-corrected chi connectivity index (χ0v) is 12.6.